The summed E-state index contributed by atoms with van der Waals surface area (Å²) < 4.78 is 5.65. The van der Waals surface area contributed by atoms with E-state index in [9.17, 15) is 9.90 Å². The van der Waals surface area contributed by atoms with Crippen molar-refractivity contribution in [2.24, 2.45) is 0 Å². The van der Waals surface area contributed by atoms with E-state index >= 15 is 0 Å². The van der Waals surface area contributed by atoms with Crippen molar-refractivity contribution in [3.8, 4) is 0 Å². The van der Waals surface area contributed by atoms with Gasteiger partial charge in [-0.25, -0.2) is 0 Å². The number of carbonyl (C=O) groups excluding carboxylic acids is 1. The number of hydrogen-bond acceptors (Lipinski definition) is 4. The van der Waals surface area contributed by atoms with Crippen molar-refractivity contribution in [3.05, 3.63) is 35.4 Å². The van der Waals surface area contributed by atoms with Crippen LogP contribution in [0.2, 0.25) is 0 Å². The fourth-order valence-electron chi connectivity index (χ4n) is 3.01. The van der Waals surface area contributed by atoms with Crippen LogP contribution in [-0.4, -0.2) is 71.8 Å². The van der Waals surface area contributed by atoms with Gasteiger partial charge in [-0.05, 0) is 52.8 Å². The van der Waals surface area contributed by atoms with Crippen LogP contribution in [-0.2, 0) is 4.74 Å². The van der Waals surface area contributed by atoms with Crippen LogP contribution in [0.4, 0.5) is 0 Å². The van der Waals surface area contributed by atoms with E-state index in [0.29, 0.717) is 19.7 Å². The molecule has 1 N–H and O–H groups in total. The van der Waals surface area contributed by atoms with Crippen LogP contribution in [0.25, 0.3) is 0 Å². The van der Waals surface area contributed by atoms with E-state index in [1.807, 2.05) is 56.9 Å². The molecule has 1 aliphatic rings. The van der Waals surface area contributed by atoms with Gasteiger partial charge < -0.3 is 14.7 Å². The summed E-state index contributed by atoms with van der Waals surface area (Å²) in [6.45, 7) is 12.0. The zero-order chi connectivity index (χ0) is 18.4. The van der Waals surface area contributed by atoms with Gasteiger partial charge in [0.2, 0.25) is 0 Å². The average Bonchev–Trinajstić information content (AvgIpc) is 2.77. The fourth-order valence-corrected chi connectivity index (χ4v) is 3.01. The molecule has 0 bridgehead atoms. The summed E-state index contributed by atoms with van der Waals surface area (Å²) in [6.07, 6.45) is 0.419. The van der Waals surface area contributed by atoms with E-state index in [2.05, 4.69) is 4.90 Å². The molecule has 0 radical (unpaired) electrons. The van der Waals surface area contributed by atoms with Crippen molar-refractivity contribution in [1.82, 2.24) is 9.80 Å². The van der Waals surface area contributed by atoms with E-state index in [1.54, 1.807) is 0 Å². The van der Waals surface area contributed by atoms with Gasteiger partial charge in [0.1, 0.15) is 0 Å². The van der Waals surface area contributed by atoms with Crippen LogP contribution in [0.1, 0.15) is 43.1 Å². The minimum Gasteiger partial charge on any atom is -0.389 e. The Morgan fingerprint density at radius 1 is 1.24 bits per heavy atom. The summed E-state index contributed by atoms with van der Waals surface area (Å²) in [5.74, 6) is 0.0992. The number of carbonyl (C=O) groups is 1. The summed E-state index contributed by atoms with van der Waals surface area (Å²) in [4.78, 5) is 16.8. The van der Waals surface area contributed by atoms with Gasteiger partial charge in [0.05, 0.1) is 18.3 Å². The normalized spacial score (nSPS) is 18.0. The highest BCUT2D eigenvalue weighted by atomic mass is 16.5. The van der Waals surface area contributed by atoms with E-state index in [1.165, 1.54) is 0 Å². The molecule has 1 unspecified atom stereocenters. The zero-order valence-electron chi connectivity index (χ0n) is 16.0. The second kappa shape index (κ2) is 8.79. The van der Waals surface area contributed by atoms with Gasteiger partial charge in [0, 0.05) is 31.7 Å². The van der Waals surface area contributed by atoms with E-state index < -0.39 is 6.10 Å². The number of benzene rings is 1. The third-order valence-corrected chi connectivity index (χ3v) is 4.32. The highest BCUT2D eigenvalue weighted by Crippen LogP contribution is 2.12. The molecule has 0 aromatic heterocycles. The number of ether oxygens (including phenoxy) is 1. The maximum Gasteiger partial charge on any atom is 0.253 e. The van der Waals surface area contributed by atoms with Crippen LogP contribution in [0.15, 0.2) is 24.3 Å². The molecule has 1 aromatic rings. The number of β-amino-alcohol motifs (C(OH)–C–C–N with tert-alkyl or cyclic N) is 1. The van der Waals surface area contributed by atoms with Gasteiger partial charge >= 0.3 is 0 Å². The lowest BCUT2D eigenvalue weighted by Crippen LogP contribution is -2.39. The van der Waals surface area contributed by atoms with Crippen molar-refractivity contribution < 1.29 is 14.6 Å². The maximum absolute atomic E-state index is 12.7. The molecule has 1 fully saturated rings. The molecule has 5 heteroatoms. The second-order valence-corrected chi connectivity index (χ2v) is 7.89. The molecular formula is C20H32N2O3. The molecule has 1 heterocycles. The van der Waals surface area contributed by atoms with Gasteiger partial charge in [-0.2, -0.15) is 0 Å². The average molecular weight is 348 g/mol. The van der Waals surface area contributed by atoms with E-state index in [4.69, 9.17) is 4.74 Å². The smallest absolute Gasteiger partial charge is 0.253 e. The number of aliphatic hydroxyl groups is 1. The van der Waals surface area contributed by atoms with Crippen molar-refractivity contribution in [2.75, 3.05) is 39.3 Å². The SMILES string of the molecule is Cc1cccc(C(=O)N2CCCN(CC(O)COC(C)(C)C)CC2)c1. The summed E-state index contributed by atoms with van der Waals surface area (Å²) in [5.41, 5.74) is 1.62. The van der Waals surface area contributed by atoms with Crippen LogP contribution in [0.3, 0.4) is 0 Å². The van der Waals surface area contributed by atoms with Crippen LogP contribution < -0.4 is 0 Å². The Labute approximate surface area is 151 Å². The number of aliphatic hydroxyl groups excluding tert-OH is 1. The molecule has 2 rings (SSSR count). The predicted octanol–water partition coefficient (Wildman–Crippen LogP) is 2.32. The Balaban J connectivity index is 1.84. The molecule has 0 aliphatic carbocycles. The topological polar surface area (TPSA) is 53.0 Å². The van der Waals surface area contributed by atoms with Crippen molar-refractivity contribution in [3.63, 3.8) is 0 Å². The highest BCUT2D eigenvalue weighted by Gasteiger charge is 2.22. The third kappa shape index (κ3) is 6.77. The van der Waals surface area contributed by atoms with Crippen molar-refractivity contribution >= 4 is 5.91 Å². The van der Waals surface area contributed by atoms with E-state index in [-0.39, 0.29) is 11.5 Å². The lowest BCUT2D eigenvalue weighted by molar-refractivity contribution is -0.0558. The summed E-state index contributed by atoms with van der Waals surface area (Å²) in [6, 6.07) is 7.75. The Kier molecular flexibility index (Phi) is 6.99. The van der Waals surface area contributed by atoms with Gasteiger partial charge in [0.15, 0.2) is 0 Å². The molecule has 5 nitrogen and oxygen atoms in total. The lowest BCUT2D eigenvalue weighted by Gasteiger charge is -2.26. The third-order valence-electron chi connectivity index (χ3n) is 4.32. The van der Waals surface area contributed by atoms with Gasteiger partial charge in [-0.15, -0.1) is 0 Å². The van der Waals surface area contributed by atoms with Crippen molar-refractivity contribution in [2.45, 2.75) is 45.8 Å². The summed E-state index contributed by atoms with van der Waals surface area (Å²) >= 11 is 0. The summed E-state index contributed by atoms with van der Waals surface area (Å²) in [7, 11) is 0. The first-order valence-corrected chi connectivity index (χ1v) is 9.15. The Bertz CT molecular complexity index is 568. The minimum atomic E-state index is -0.502. The Morgan fingerprint density at radius 2 is 2.00 bits per heavy atom. The molecule has 0 saturated carbocycles. The largest absolute Gasteiger partial charge is 0.389 e. The first-order valence-electron chi connectivity index (χ1n) is 9.15. The summed E-state index contributed by atoms with van der Waals surface area (Å²) in [5, 5.41) is 10.2. The first kappa shape index (κ1) is 19.9. The Morgan fingerprint density at radius 3 is 2.68 bits per heavy atom. The number of rotatable bonds is 5. The van der Waals surface area contributed by atoms with Crippen LogP contribution in [0, 0.1) is 6.92 Å². The van der Waals surface area contributed by atoms with Gasteiger partial charge in [0.25, 0.3) is 5.91 Å². The van der Waals surface area contributed by atoms with Crippen LogP contribution >= 0.6 is 0 Å². The van der Waals surface area contributed by atoms with Crippen molar-refractivity contribution in [1.29, 1.82) is 0 Å². The molecule has 0 spiro atoms. The predicted molar refractivity (Wildman–Crippen MR) is 99.9 cm³/mol. The van der Waals surface area contributed by atoms with Gasteiger partial charge in [-0.1, -0.05) is 17.7 Å². The second-order valence-electron chi connectivity index (χ2n) is 7.89. The molecular weight excluding hydrogens is 316 g/mol. The Hall–Kier alpha value is -1.43. The fraction of sp³-hybridized carbons (Fsp3) is 0.650. The maximum atomic E-state index is 12.7. The lowest BCUT2D eigenvalue weighted by atomic mass is 10.1. The quantitative estimate of drug-likeness (QED) is 0.887. The number of amides is 1. The van der Waals surface area contributed by atoms with Crippen LogP contribution in [0.5, 0.6) is 0 Å². The molecule has 1 atom stereocenters. The molecule has 25 heavy (non-hydrogen) atoms. The highest BCUT2D eigenvalue weighted by molar-refractivity contribution is 5.94. The molecule has 1 saturated heterocycles. The number of aryl methyl sites for hydroxylation is 1. The zero-order valence-corrected chi connectivity index (χ0v) is 16.0. The molecule has 140 valence electrons. The molecule has 1 amide bonds. The first-order chi connectivity index (χ1) is 11.7. The number of hydrogen-bond donors (Lipinski definition) is 1. The number of nitrogens with zero attached hydrogens (tertiary/aromatic N) is 2. The standard InChI is InChI=1S/C20H32N2O3/c1-16-7-5-8-17(13-16)19(24)22-10-6-9-21(11-12-22)14-18(23)15-25-20(2,3)4/h5,7-8,13,18,23H,6,9-12,14-15H2,1-4H3. The molecule has 1 aliphatic heterocycles. The molecule has 1 aromatic carbocycles. The minimum absolute atomic E-state index is 0.0992. The monoisotopic (exact) mass is 348 g/mol. The van der Waals surface area contributed by atoms with E-state index in [0.717, 1.165) is 37.2 Å². The van der Waals surface area contributed by atoms with Gasteiger partial charge in [-0.3, -0.25) is 9.69 Å².